The Bertz CT molecular complexity index is 1240. The molecule has 0 aliphatic rings. The van der Waals surface area contributed by atoms with Crippen LogP contribution in [0.25, 0.3) is 11.4 Å². The number of rotatable bonds is 9. The molecule has 0 spiro atoms. The summed E-state index contributed by atoms with van der Waals surface area (Å²) in [5.74, 6) is 1.42. The molecule has 0 radical (unpaired) electrons. The van der Waals surface area contributed by atoms with E-state index in [1.165, 1.54) is 11.1 Å². The third-order valence-corrected chi connectivity index (χ3v) is 6.04. The van der Waals surface area contributed by atoms with E-state index in [2.05, 4.69) is 58.7 Å². The van der Waals surface area contributed by atoms with Crippen LogP contribution in [-0.2, 0) is 24.3 Å². The Balaban J connectivity index is 1.30. The number of nitrogens with zero attached hydrogens (tertiary/aromatic N) is 4. The van der Waals surface area contributed by atoms with Gasteiger partial charge in [0.25, 0.3) is 0 Å². The Kier molecular flexibility index (Phi) is 7.21. The molecule has 0 bridgehead atoms. The van der Waals surface area contributed by atoms with Crippen molar-refractivity contribution in [3.8, 4) is 11.4 Å². The zero-order valence-electron chi connectivity index (χ0n) is 20.2. The van der Waals surface area contributed by atoms with Crippen LogP contribution >= 0.6 is 0 Å². The summed E-state index contributed by atoms with van der Waals surface area (Å²) in [6.45, 7) is 9.49. The number of benzene rings is 2. The molecule has 1 N–H and O–H groups in total. The topological polar surface area (TPSA) is 85.8 Å². The van der Waals surface area contributed by atoms with Gasteiger partial charge in [0.2, 0.25) is 17.6 Å². The number of hydrogen-bond donors (Lipinski definition) is 1. The first-order chi connectivity index (χ1) is 16.4. The number of nitrogens with one attached hydrogen (secondary N) is 1. The first-order valence-electron chi connectivity index (χ1n) is 11.7. The zero-order chi connectivity index (χ0) is 24.1. The minimum Gasteiger partial charge on any atom is -0.352 e. The van der Waals surface area contributed by atoms with E-state index in [1.54, 1.807) is 0 Å². The zero-order valence-corrected chi connectivity index (χ0v) is 20.2. The Hall–Kier alpha value is -3.74. The molecule has 0 aliphatic carbocycles. The monoisotopic (exact) mass is 457 g/mol. The van der Waals surface area contributed by atoms with Crippen molar-refractivity contribution in [2.24, 2.45) is 0 Å². The lowest BCUT2D eigenvalue weighted by Gasteiger charge is -2.07. The van der Waals surface area contributed by atoms with Crippen LogP contribution in [-0.4, -0.2) is 25.8 Å². The minimum atomic E-state index is -0.0596. The number of aryl methyl sites for hydroxylation is 2. The van der Waals surface area contributed by atoms with Crippen molar-refractivity contribution < 1.29 is 9.32 Å². The molecular formula is C27H31N5O2. The summed E-state index contributed by atoms with van der Waals surface area (Å²) in [6, 6.07) is 18.4. The van der Waals surface area contributed by atoms with Gasteiger partial charge in [-0.2, -0.15) is 10.1 Å². The van der Waals surface area contributed by atoms with E-state index in [4.69, 9.17) is 4.52 Å². The Morgan fingerprint density at radius 3 is 2.50 bits per heavy atom. The van der Waals surface area contributed by atoms with E-state index in [0.29, 0.717) is 37.1 Å². The molecular weight excluding hydrogens is 426 g/mol. The fraction of sp³-hybridized carbons (Fsp3) is 0.333. The molecule has 1 amide bonds. The molecule has 0 saturated heterocycles. The standard InChI is InChI=1S/C27H31N5O2/c1-18(2)22-10-12-23(13-11-22)27-29-26(34-31-27)15-14-25(33)28-16-24-19(3)30-32(20(24)4)17-21-8-6-5-7-9-21/h5-13,18H,14-17H2,1-4H3,(H,28,33). The largest absolute Gasteiger partial charge is 0.352 e. The van der Waals surface area contributed by atoms with Gasteiger partial charge in [0.05, 0.1) is 12.2 Å². The lowest BCUT2D eigenvalue weighted by Crippen LogP contribution is -2.23. The van der Waals surface area contributed by atoms with Crippen LogP contribution in [0, 0.1) is 13.8 Å². The predicted molar refractivity (Wildman–Crippen MR) is 131 cm³/mol. The van der Waals surface area contributed by atoms with E-state index < -0.39 is 0 Å². The predicted octanol–water partition coefficient (Wildman–Crippen LogP) is 4.97. The van der Waals surface area contributed by atoms with Crippen LogP contribution in [0.5, 0.6) is 0 Å². The summed E-state index contributed by atoms with van der Waals surface area (Å²) in [5.41, 5.74) is 6.40. The minimum absolute atomic E-state index is 0.0596. The first kappa shape index (κ1) is 23.4. The fourth-order valence-corrected chi connectivity index (χ4v) is 3.89. The van der Waals surface area contributed by atoms with Crippen LogP contribution < -0.4 is 5.32 Å². The van der Waals surface area contributed by atoms with Gasteiger partial charge in [0.15, 0.2) is 0 Å². The molecule has 0 fully saturated rings. The number of carbonyl (C=O) groups is 1. The molecule has 4 rings (SSSR count). The van der Waals surface area contributed by atoms with Crippen LogP contribution in [0.15, 0.2) is 59.1 Å². The Morgan fingerprint density at radius 2 is 1.79 bits per heavy atom. The van der Waals surface area contributed by atoms with Crippen molar-refractivity contribution >= 4 is 5.91 Å². The van der Waals surface area contributed by atoms with Gasteiger partial charge in [-0.1, -0.05) is 73.6 Å². The molecule has 0 aliphatic heterocycles. The summed E-state index contributed by atoms with van der Waals surface area (Å²) in [7, 11) is 0. The number of aromatic nitrogens is 4. The molecule has 0 atom stereocenters. The van der Waals surface area contributed by atoms with Gasteiger partial charge in [-0.3, -0.25) is 9.48 Å². The maximum atomic E-state index is 12.5. The molecule has 7 heteroatoms. The van der Waals surface area contributed by atoms with E-state index in [0.717, 1.165) is 22.5 Å². The Morgan fingerprint density at radius 1 is 1.06 bits per heavy atom. The highest BCUT2D eigenvalue weighted by atomic mass is 16.5. The maximum Gasteiger partial charge on any atom is 0.227 e. The van der Waals surface area contributed by atoms with Crippen molar-refractivity contribution in [2.45, 2.75) is 59.5 Å². The van der Waals surface area contributed by atoms with E-state index in [1.807, 2.05) is 48.9 Å². The van der Waals surface area contributed by atoms with Crippen LogP contribution in [0.2, 0.25) is 0 Å². The van der Waals surface area contributed by atoms with Crippen molar-refractivity contribution in [2.75, 3.05) is 0 Å². The number of hydrogen-bond acceptors (Lipinski definition) is 5. The van der Waals surface area contributed by atoms with Crippen molar-refractivity contribution in [1.82, 2.24) is 25.2 Å². The Labute approximate surface area is 200 Å². The fourth-order valence-electron chi connectivity index (χ4n) is 3.89. The molecule has 2 aromatic heterocycles. The number of amides is 1. The average Bonchev–Trinajstić information content (AvgIpc) is 3.41. The second-order valence-electron chi connectivity index (χ2n) is 8.86. The number of carbonyl (C=O) groups excluding carboxylic acids is 1. The van der Waals surface area contributed by atoms with Crippen molar-refractivity contribution in [3.05, 3.63) is 88.6 Å². The molecule has 2 aromatic carbocycles. The smallest absolute Gasteiger partial charge is 0.227 e. The lowest BCUT2D eigenvalue weighted by atomic mass is 10.0. The van der Waals surface area contributed by atoms with Gasteiger partial charge in [0, 0.05) is 36.2 Å². The average molecular weight is 458 g/mol. The highest BCUT2D eigenvalue weighted by Crippen LogP contribution is 2.21. The molecule has 34 heavy (non-hydrogen) atoms. The van der Waals surface area contributed by atoms with Crippen LogP contribution in [0.3, 0.4) is 0 Å². The SMILES string of the molecule is Cc1nn(Cc2ccccc2)c(C)c1CNC(=O)CCc1nc(-c2ccc(C(C)C)cc2)no1. The van der Waals surface area contributed by atoms with Gasteiger partial charge >= 0.3 is 0 Å². The van der Waals surface area contributed by atoms with Crippen molar-refractivity contribution in [1.29, 1.82) is 0 Å². The molecule has 4 aromatic rings. The second-order valence-corrected chi connectivity index (χ2v) is 8.86. The second kappa shape index (κ2) is 10.5. The molecule has 0 unspecified atom stereocenters. The third kappa shape index (κ3) is 5.60. The van der Waals surface area contributed by atoms with E-state index in [9.17, 15) is 4.79 Å². The van der Waals surface area contributed by atoms with Gasteiger partial charge in [-0.15, -0.1) is 0 Å². The summed E-state index contributed by atoms with van der Waals surface area (Å²) >= 11 is 0. The van der Waals surface area contributed by atoms with Gasteiger partial charge in [0.1, 0.15) is 0 Å². The lowest BCUT2D eigenvalue weighted by molar-refractivity contribution is -0.121. The van der Waals surface area contributed by atoms with Gasteiger partial charge in [-0.25, -0.2) is 0 Å². The van der Waals surface area contributed by atoms with Crippen molar-refractivity contribution in [3.63, 3.8) is 0 Å². The molecule has 2 heterocycles. The first-order valence-corrected chi connectivity index (χ1v) is 11.7. The summed E-state index contributed by atoms with van der Waals surface area (Å²) in [5, 5.41) is 11.7. The van der Waals surface area contributed by atoms with E-state index >= 15 is 0 Å². The van der Waals surface area contributed by atoms with Gasteiger partial charge in [-0.05, 0) is 30.9 Å². The van der Waals surface area contributed by atoms with E-state index in [-0.39, 0.29) is 12.3 Å². The molecule has 7 nitrogen and oxygen atoms in total. The third-order valence-electron chi connectivity index (χ3n) is 6.04. The summed E-state index contributed by atoms with van der Waals surface area (Å²) < 4.78 is 7.34. The molecule has 176 valence electrons. The molecule has 0 saturated carbocycles. The maximum absolute atomic E-state index is 12.5. The summed E-state index contributed by atoms with van der Waals surface area (Å²) in [6.07, 6.45) is 0.679. The van der Waals surface area contributed by atoms with Gasteiger partial charge < -0.3 is 9.84 Å². The normalized spacial score (nSPS) is 11.2. The summed E-state index contributed by atoms with van der Waals surface area (Å²) in [4.78, 5) is 16.9. The van der Waals surface area contributed by atoms with Crippen LogP contribution in [0.1, 0.15) is 60.2 Å². The van der Waals surface area contributed by atoms with Crippen LogP contribution in [0.4, 0.5) is 0 Å². The quantitative estimate of drug-likeness (QED) is 0.383. The highest BCUT2D eigenvalue weighted by molar-refractivity contribution is 5.76. The highest BCUT2D eigenvalue weighted by Gasteiger charge is 2.14.